The second-order valence-electron chi connectivity index (χ2n) is 2.95. The Labute approximate surface area is 78.8 Å². The molecule has 1 aromatic heterocycles. The Morgan fingerprint density at radius 1 is 1.42 bits per heavy atom. The predicted octanol–water partition coefficient (Wildman–Crippen LogP) is 2.81. The van der Waals surface area contributed by atoms with Crippen LogP contribution in [0.25, 0.3) is 0 Å². The average molecular weight is 183 g/mol. The van der Waals surface area contributed by atoms with Crippen molar-refractivity contribution in [3.63, 3.8) is 0 Å². The van der Waals surface area contributed by atoms with Crippen molar-refractivity contribution in [2.75, 3.05) is 6.54 Å². The molecular weight excluding hydrogens is 166 g/mol. The first-order valence-electron chi connectivity index (χ1n) is 4.63. The maximum Gasteiger partial charge on any atom is 0.0213 e. The van der Waals surface area contributed by atoms with Gasteiger partial charge in [-0.15, -0.1) is 11.3 Å². The lowest BCUT2D eigenvalue weighted by Crippen LogP contribution is -2.10. The van der Waals surface area contributed by atoms with Gasteiger partial charge < -0.3 is 5.32 Å². The molecule has 0 atom stereocenters. The highest BCUT2D eigenvalue weighted by atomic mass is 32.1. The predicted molar refractivity (Wildman–Crippen MR) is 55.7 cm³/mol. The molecule has 1 N–H and O–H groups in total. The van der Waals surface area contributed by atoms with Crippen LogP contribution >= 0.6 is 11.3 Å². The lowest BCUT2D eigenvalue weighted by atomic mass is 10.2. The fraction of sp³-hybridized carbons (Fsp3) is 0.600. The van der Waals surface area contributed by atoms with Crippen molar-refractivity contribution in [2.24, 2.45) is 0 Å². The maximum atomic E-state index is 3.33. The summed E-state index contributed by atoms with van der Waals surface area (Å²) in [4.78, 5) is 1.52. The number of aryl methyl sites for hydroxylation is 1. The van der Waals surface area contributed by atoms with Crippen LogP contribution < -0.4 is 5.32 Å². The normalized spacial score (nSPS) is 10.5. The highest BCUT2D eigenvalue weighted by molar-refractivity contribution is 7.10. The van der Waals surface area contributed by atoms with Crippen LogP contribution in [0.15, 0.2) is 11.4 Å². The SMILES string of the molecule is CCCc1cc(CNCC)cs1. The van der Waals surface area contributed by atoms with Crippen LogP contribution in [0.3, 0.4) is 0 Å². The molecule has 0 saturated heterocycles. The molecule has 1 nitrogen and oxygen atoms in total. The van der Waals surface area contributed by atoms with Gasteiger partial charge in [0, 0.05) is 11.4 Å². The largest absolute Gasteiger partial charge is 0.313 e. The molecule has 2 heteroatoms. The van der Waals surface area contributed by atoms with Gasteiger partial charge in [-0.05, 0) is 30.0 Å². The second-order valence-corrected chi connectivity index (χ2v) is 3.95. The van der Waals surface area contributed by atoms with Crippen molar-refractivity contribution in [1.29, 1.82) is 0 Å². The number of hydrogen-bond donors (Lipinski definition) is 1. The van der Waals surface area contributed by atoms with E-state index in [1.54, 1.807) is 0 Å². The summed E-state index contributed by atoms with van der Waals surface area (Å²) < 4.78 is 0. The molecule has 0 aliphatic carbocycles. The Balaban J connectivity index is 2.41. The topological polar surface area (TPSA) is 12.0 Å². The lowest BCUT2D eigenvalue weighted by Gasteiger charge is -1.96. The van der Waals surface area contributed by atoms with Crippen molar-refractivity contribution in [2.45, 2.75) is 33.2 Å². The average Bonchev–Trinajstić information content (AvgIpc) is 2.50. The molecule has 1 aromatic rings. The van der Waals surface area contributed by atoms with E-state index in [4.69, 9.17) is 0 Å². The number of thiophene rings is 1. The molecule has 0 radical (unpaired) electrons. The molecule has 1 rings (SSSR count). The molecule has 0 aromatic carbocycles. The second kappa shape index (κ2) is 5.33. The Morgan fingerprint density at radius 3 is 2.92 bits per heavy atom. The highest BCUT2D eigenvalue weighted by Gasteiger charge is 1.97. The summed E-state index contributed by atoms with van der Waals surface area (Å²) in [6.07, 6.45) is 2.48. The minimum absolute atomic E-state index is 1.02. The van der Waals surface area contributed by atoms with Gasteiger partial charge in [-0.2, -0.15) is 0 Å². The molecule has 12 heavy (non-hydrogen) atoms. The first-order chi connectivity index (χ1) is 5.86. The maximum absolute atomic E-state index is 3.33. The van der Waals surface area contributed by atoms with Crippen LogP contribution in [0.2, 0.25) is 0 Å². The minimum atomic E-state index is 1.02. The zero-order valence-electron chi connectivity index (χ0n) is 7.89. The van der Waals surface area contributed by atoms with E-state index in [0.717, 1.165) is 13.1 Å². The van der Waals surface area contributed by atoms with E-state index >= 15 is 0 Å². The van der Waals surface area contributed by atoms with Gasteiger partial charge in [-0.3, -0.25) is 0 Å². The van der Waals surface area contributed by atoms with Crippen molar-refractivity contribution >= 4 is 11.3 Å². The molecule has 0 aliphatic heterocycles. The number of hydrogen-bond acceptors (Lipinski definition) is 2. The molecule has 1 heterocycles. The fourth-order valence-electron chi connectivity index (χ4n) is 1.17. The molecule has 0 fully saturated rings. The van der Waals surface area contributed by atoms with Gasteiger partial charge in [0.1, 0.15) is 0 Å². The van der Waals surface area contributed by atoms with Crippen molar-refractivity contribution < 1.29 is 0 Å². The van der Waals surface area contributed by atoms with E-state index in [2.05, 4.69) is 30.6 Å². The van der Waals surface area contributed by atoms with Crippen LogP contribution in [0.4, 0.5) is 0 Å². The van der Waals surface area contributed by atoms with Gasteiger partial charge >= 0.3 is 0 Å². The number of nitrogens with one attached hydrogen (secondary N) is 1. The van der Waals surface area contributed by atoms with Crippen LogP contribution in [0.1, 0.15) is 30.7 Å². The van der Waals surface area contributed by atoms with E-state index in [0.29, 0.717) is 0 Å². The van der Waals surface area contributed by atoms with Crippen molar-refractivity contribution in [3.05, 3.63) is 21.9 Å². The number of rotatable bonds is 5. The zero-order valence-corrected chi connectivity index (χ0v) is 8.71. The van der Waals surface area contributed by atoms with Crippen LogP contribution in [-0.2, 0) is 13.0 Å². The fourth-order valence-corrected chi connectivity index (χ4v) is 2.16. The Bertz CT molecular complexity index is 217. The van der Waals surface area contributed by atoms with E-state index in [-0.39, 0.29) is 0 Å². The van der Waals surface area contributed by atoms with Gasteiger partial charge in [0.25, 0.3) is 0 Å². The summed E-state index contributed by atoms with van der Waals surface area (Å²) in [5.74, 6) is 0. The molecule has 0 unspecified atom stereocenters. The summed E-state index contributed by atoms with van der Waals surface area (Å²) in [6, 6.07) is 2.32. The Hall–Kier alpha value is -0.340. The summed E-state index contributed by atoms with van der Waals surface area (Å²) in [5, 5.41) is 5.58. The Kier molecular flexibility index (Phi) is 4.33. The first-order valence-corrected chi connectivity index (χ1v) is 5.51. The van der Waals surface area contributed by atoms with Crippen molar-refractivity contribution in [1.82, 2.24) is 5.32 Å². The molecular formula is C10H17NS. The molecule has 0 amide bonds. The van der Waals surface area contributed by atoms with Gasteiger partial charge in [0.15, 0.2) is 0 Å². The Morgan fingerprint density at radius 2 is 2.25 bits per heavy atom. The summed E-state index contributed by atoms with van der Waals surface area (Å²) in [5.41, 5.74) is 1.44. The minimum Gasteiger partial charge on any atom is -0.313 e. The zero-order chi connectivity index (χ0) is 8.81. The van der Waals surface area contributed by atoms with Crippen LogP contribution in [0.5, 0.6) is 0 Å². The highest BCUT2D eigenvalue weighted by Crippen LogP contribution is 2.15. The van der Waals surface area contributed by atoms with E-state index in [1.165, 1.54) is 23.3 Å². The standard InChI is InChI=1S/C10H17NS/c1-3-5-10-6-9(8-12-10)7-11-4-2/h6,8,11H,3-5,7H2,1-2H3. The third kappa shape index (κ3) is 2.95. The van der Waals surface area contributed by atoms with Gasteiger partial charge in [0.05, 0.1) is 0 Å². The summed E-state index contributed by atoms with van der Waals surface area (Å²) >= 11 is 1.88. The summed E-state index contributed by atoms with van der Waals surface area (Å²) in [7, 11) is 0. The van der Waals surface area contributed by atoms with Crippen molar-refractivity contribution in [3.8, 4) is 0 Å². The quantitative estimate of drug-likeness (QED) is 0.740. The molecule has 0 aliphatic rings. The van der Waals surface area contributed by atoms with Gasteiger partial charge in [0.2, 0.25) is 0 Å². The van der Waals surface area contributed by atoms with Gasteiger partial charge in [-0.25, -0.2) is 0 Å². The van der Waals surface area contributed by atoms with E-state index < -0.39 is 0 Å². The summed E-state index contributed by atoms with van der Waals surface area (Å²) in [6.45, 7) is 6.44. The molecule has 0 spiro atoms. The lowest BCUT2D eigenvalue weighted by molar-refractivity contribution is 0.728. The van der Waals surface area contributed by atoms with E-state index in [9.17, 15) is 0 Å². The molecule has 0 bridgehead atoms. The smallest absolute Gasteiger partial charge is 0.0213 e. The van der Waals surface area contributed by atoms with E-state index in [1.807, 2.05) is 11.3 Å². The van der Waals surface area contributed by atoms with Crippen LogP contribution in [0, 0.1) is 0 Å². The monoisotopic (exact) mass is 183 g/mol. The van der Waals surface area contributed by atoms with Crippen LogP contribution in [-0.4, -0.2) is 6.54 Å². The third-order valence-corrected chi connectivity index (χ3v) is 2.83. The molecule has 68 valence electrons. The molecule has 0 saturated carbocycles. The van der Waals surface area contributed by atoms with Gasteiger partial charge in [-0.1, -0.05) is 20.3 Å². The first kappa shape index (κ1) is 9.75. The third-order valence-electron chi connectivity index (χ3n) is 1.78.